The number of benzene rings is 1. The quantitative estimate of drug-likeness (QED) is 0.829. The van der Waals surface area contributed by atoms with Crippen molar-refractivity contribution in [2.75, 3.05) is 13.1 Å². The molecule has 0 spiro atoms. The molecule has 0 fully saturated rings. The molecule has 6 heteroatoms. The maximum Gasteiger partial charge on any atom is 0.149 e. The lowest BCUT2D eigenvalue weighted by atomic mass is 10.2. The summed E-state index contributed by atoms with van der Waals surface area (Å²) in [6.45, 7) is 4.00. The van der Waals surface area contributed by atoms with Crippen molar-refractivity contribution in [3.8, 4) is 10.6 Å². The first-order valence-electron chi connectivity index (χ1n) is 6.20. The molecule has 2 aromatic rings. The SMILES string of the molecule is CCCNCCc1nnc(-c2cccc(F)c2Cl)s1. The average Bonchev–Trinajstić information content (AvgIpc) is 2.87. The zero-order valence-electron chi connectivity index (χ0n) is 10.6. The van der Waals surface area contributed by atoms with Crippen LogP contribution in [-0.2, 0) is 6.42 Å². The Morgan fingerprint density at radius 3 is 2.95 bits per heavy atom. The molecule has 19 heavy (non-hydrogen) atoms. The van der Waals surface area contributed by atoms with E-state index < -0.39 is 5.82 Å². The van der Waals surface area contributed by atoms with Crippen LogP contribution in [0.25, 0.3) is 10.6 Å². The number of halogens is 2. The van der Waals surface area contributed by atoms with E-state index in [1.54, 1.807) is 12.1 Å². The minimum atomic E-state index is -0.430. The Morgan fingerprint density at radius 1 is 1.32 bits per heavy atom. The van der Waals surface area contributed by atoms with Crippen molar-refractivity contribution in [2.24, 2.45) is 0 Å². The van der Waals surface area contributed by atoms with Crippen molar-refractivity contribution in [1.29, 1.82) is 0 Å². The second kappa shape index (κ2) is 6.93. The number of rotatable bonds is 6. The minimum Gasteiger partial charge on any atom is -0.316 e. The van der Waals surface area contributed by atoms with Gasteiger partial charge < -0.3 is 5.32 Å². The highest BCUT2D eigenvalue weighted by Crippen LogP contribution is 2.31. The standard InChI is InChI=1S/C13H15ClFN3S/c1-2-7-16-8-6-11-17-18-13(19-11)9-4-3-5-10(15)12(9)14/h3-5,16H,2,6-8H2,1H3. The van der Waals surface area contributed by atoms with Gasteiger partial charge in [0.2, 0.25) is 0 Å². The fourth-order valence-corrected chi connectivity index (χ4v) is 2.77. The highest BCUT2D eigenvalue weighted by molar-refractivity contribution is 7.14. The molecular formula is C13H15ClFN3S. The molecule has 0 radical (unpaired) electrons. The lowest BCUT2D eigenvalue weighted by Crippen LogP contribution is -2.17. The topological polar surface area (TPSA) is 37.8 Å². The van der Waals surface area contributed by atoms with Crippen LogP contribution in [0.1, 0.15) is 18.4 Å². The number of aromatic nitrogens is 2. The molecule has 0 saturated heterocycles. The lowest BCUT2D eigenvalue weighted by Gasteiger charge is -2.00. The maximum atomic E-state index is 13.4. The van der Waals surface area contributed by atoms with Crippen molar-refractivity contribution < 1.29 is 4.39 Å². The van der Waals surface area contributed by atoms with Gasteiger partial charge in [0, 0.05) is 18.5 Å². The average molecular weight is 300 g/mol. The van der Waals surface area contributed by atoms with E-state index in [4.69, 9.17) is 11.6 Å². The van der Waals surface area contributed by atoms with Gasteiger partial charge in [0.1, 0.15) is 15.8 Å². The molecular weight excluding hydrogens is 285 g/mol. The highest BCUT2D eigenvalue weighted by atomic mass is 35.5. The number of nitrogens with zero attached hydrogens (tertiary/aromatic N) is 2. The smallest absolute Gasteiger partial charge is 0.149 e. The van der Waals surface area contributed by atoms with Gasteiger partial charge in [-0.3, -0.25) is 0 Å². The Hall–Kier alpha value is -1.04. The summed E-state index contributed by atoms with van der Waals surface area (Å²) >= 11 is 7.39. The fraction of sp³-hybridized carbons (Fsp3) is 0.385. The van der Waals surface area contributed by atoms with E-state index in [2.05, 4.69) is 22.4 Å². The van der Waals surface area contributed by atoms with E-state index in [1.165, 1.54) is 17.4 Å². The number of nitrogens with one attached hydrogen (secondary N) is 1. The number of hydrogen-bond donors (Lipinski definition) is 1. The van der Waals surface area contributed by atoms with E-state index in [1.807, 2.05) is 0 Å². The molecule has 2 rings (SSSR count). The Morgan fingerprint density at radius 2 is 2.16 bits per heavy atom. The molecule has 3 nitrogen and oxygen atoms in total. The van der Waals surface area contributed by atoms with Gasteiger partial charge in [-0.15, -0.1) is 10.2 Å². The van der Waals surface area contributed by atoms with E-state index in [9.17, 15) is 4.39 Å². The van der Waals surface area contributed by atoms with Crippen LogP contribution >= 0.6 is 22.9 Å². The monoisotopic (exact) mass is 299 g/mol. The third-order valence-corrected chi connectivity index (χ3v) is 3.99. The first kappa shape index (κ1) is 14.4. The summed E-state index contributed by atoms with van der Waals surface area (Å²) in [5.74, 6) is -0.430. The van der Waals surface area contributed by atoms with Crippen molar-refractivity contribution in [1.82, 2.24) is 15.5 Å². The molecule has 0 bridgehead atoms. The molecule has 1 aromatic carbocycles. The predicted molar refractivity (Wildman–Crippen MR) is 77.2 cm³/mol. The zero-order valence-corrected chi connectivity index (χ0v) is 12.2. The van der Waals surface area contributed by atoms with E-state index in [-0.39, 0.29) is 5.02 Å². The summed E-state index contributed by atoms with van der Waals surface area (Å²) in [4.78, 5) is 0. The first-order chi connectivity index (χ1) is 9.22. The molecule has 0 aliphatic rings. The zero-order chi connectivity index (χ0) is 13.7. The van der Waals surface area contributed by atoms with E-state index >= 15 is 0 Å². The van der Waals surface area contributed by atoms with Crippen molar-refractivity contribution >= 4 is 22.9 Å². The Kier molecular flexibility index (Phi) is 5.24. The van der Waals surface area contributed by atoms with Crippen LogP contribution in [0.15, 0.2) is 18.2 Å². The molecule has 0 amide bonds. The summed E-state index contributed by atoms with van der Waals surface area (Å²) in [7, 11) is 0. The van der Waals surface area contributed by atoms with Crippen LogP contribution < -0.4 is 5.32 Å². The summed E-state index contributed by atoms with van der Waals surface area (Å²) in [6.07, 6.45) is 1.94. The van der Waals surface area contributed by atoms with Crippen LogP contribution in [0, 0.1) is 5.82 Å². The van der Waals surface area contributed by atoms with Gasteiger partial charge in [-0.2, -0.15) is 0 Å². The van der Waals surface area contributed by atoms with Crippen LogP contribution in [0.2, 0.25) is 5.02 Å². The van der Waals surface area contributed by atoms with Gasteiger partial charge in [-0.25, -0.2) is 4.39 Å². The van der Waals surface area contributed by atoms with Gasteiger partial charge >= 0.3 is 0 Å². The molecule has 102 valence electrons. The van der Waals surface area contributed by atoms with E-state index in [0.717, 1.165) is 30.9 Å². The fourth-order valence-electron chi connectivity index (χ4n) is 1.63. The Labute approximate surface area is 120 Å². The second-order valence-corrected chi connectivity index (χ2v) is 5.54. The molecule has 0 aliphatic heterocycles. The van der Waals surface area contributed by atoms with Gasteiger partial charge in [-0.05, 0) is 19.0 Å². The van der Waals surface area contributed by atoms with Crippen molar-refractivity contribution in [2.45, 2.75) is 19.8 Å². The molecule has 0 atom stereocenters. The molecule has 1 N–H and O–H groups in total. The number of hydrogen-bond acceptors (Lipinski definition) is 4. The van der Waals surface area contributed by atoms with Crippen LogP contribution in [0.3, 0.4) is 0 Å². The summed E-state index contributed by atoms with van der Waals surface area (Å²) in [5.41, 5.74) is 0.604. The van der Waals surface area contributed by atoms with E-state index in [0.29, 0.717) is 10.6 Å². The Bertz CT molecular complexity index is 544. The molecule has 1 heterocycles. The summed E-state index contributed by atoms with van der Waals surface area (Å²) in [6, 6.07) is 4.72. The van der Waals surface area contributed by atoms with Gasteiger partial charge in [-0.1, -0.05) is 42.0 Å². The van der Waals surface area contributed by atoms with Gasteiger partial charge in [0.15, 0.2) is 0 Å². The Balaban J connectivity index is 2.06. The van der Waals surface area contributed by atoms with Gasteiger partial charge in [0.05, 0.1) is 5.02 Å². The molecule has 1 aromatic heterocycles. The summed E-state index contributed by atoms with van der Waals surface area (Å²) in [5, 5.41) is 13.2. The van der Waals surface area contributed by atoms with Crippen molar-refractivity contribution in [3.05, 3.63) is 34.0 Å². The van der Waals surface area contributed by atoms with Gasteiger partial charge in [0.25, 0.3) is 0 Å². The molecule has 0 unspecified atom stereocenters. The van der Waals surface area contributed by atoms with Crippen LogP contribution in [0.4, 0.5) is 4.39 Å². The normalized spacial score (nSPS) is 10.9. The predicted octanol–water partition coefficient (Wildman–Crippen LogP) is 3.54. The lowest BCUT2D eigenvalue weighted by molar-refractivity contribution is 0.628. The summed E-state index contributed by atoms with van der Waals surface area (Å²) < 4.78 is 13.4. The van der Waals surface area contributed by atoms with Crippen LogP contribution in [-0.4, -0.2) is 23.3 Å². The second-order valence-electron chi connectivity index (χ2n) is 4.10. The molecule has 0 saturated carbocycles. The van der Waals surface area contributed by atoms with Crippen LogP contribution in [0.5, 0.6) is 0 Å². The van der Waals surface area contributed by atoms with Crippen molar-refractivity contribution in [3.63, 3.8) is 0 Å². The molecule has 0 aliphatic carbocycles. The maximum absolute atomic E-state index is 13.4. The third-order valence-electron chi connectivity index (χ3n) is 2.59. The minimum absolute atomic E-state index is 0.106. The highest BCUT2D eigenvalue weighted by Gasteiger charge is 2.12. The third kappa shape index (κ3) is 3.72. The first-order valence-corrected chi connectivity index (χ1v) is 7.39. The largest absolute Gasteiger partial charge is 0.316 e.